The number of rotatable bonds is 5. The summed E-state index contributed by atoms with van der Waals surface area (Å²) in [5.41, 5.74) is 0.271. The second-order valence-corrected chi connectivity index (χ2v) is 7.29. The lowest BCUT2D eigenvalue weighted by Gasteiger charge is -2.22. The Bertz CT molecular complexity index is 1000. The van der Waals surface area contributed by atoms with Gasteiger partial charge in [0.15, 0.2) is 0 Å². The lowest BCUT2D eigenvalue weighted by Crippen LogP contribution is -2.54. The zero-order valence-electron chi connectivity index (χ0n) is 14.4. The van der Waals surface area contributed by atoms with Crippen LogP contribution in [0.25, 0.3) is 0 Å². The predicted molar refractivity (Wildman–Crippen MR) is 92.1 cm³/mol. The highest BCUT2D eigenvalue weighted by Crippen LogP contribution is 2.30. The van der Waals surface area contributed by atoms with Crippen molar-refractivity contribution >= 4 is 29.1 Å². The molecule has 0 radical (unpaired) electrons. The molecule has 10 heteroatoms. The summed E-state index contributed by atoms with van der Waals surface area (Å²) in [6, 6.07) is 10.9. The molecule has 8 nitrogen and oxygen atoms in total. The summed E-state index contributed by atoms with van der Waals surface area (Å²) in [5.74, 6) is -2.52. The van der Waals surface area contributed by atoms with Crippen LogP contribution in [0.3, 0.4) is 0 Å². The van der Waals surface area contributed by atoms with Gasteiger partial charge in [0.1, 0.15) is 4.90 Å². The number of amides is 2. The molecule has 2 aromatic rings. The lowest BCUT2D eigenvalue weighted by atomic mass is 10.00. The van der Waals surface area contributed by atoms with E-state index in [-0.39, 0.29) is 14.8 Å². The Hall–Kier alpha value is -2.53. The van der Waals surface area contributed by atoms with E-state index < -0.39 is 41.5 Å². The minimum atomic E-state index is -4.50. The number of benzene rings is 2. The molecule has 1 heterocycles. The molecule has 0 saturated heterocycles. The summed E-state index contributed by atoms with van der Waals surface area (Å²) in [6.07, 6.45) is -0.403. The third-order valence-electron chi connectivity index (χ3n) is 3.79. The van der Waals surface area contributed by atoms with Gasteiger partial charge in [0.2, 0.25) is 0 Å². The summed E-state index contributed by atoms with van der Waals surface area (Å²) < 4.78 is 33.7. The summed E-state index contributed by atoms with van der Waals surface area (Å²) in [4.78, 5) is 25.1. The molecule has 1 aliphatic rings. The summed E-state index contributed by atoms with van der Waals surface area (Å²) in [7, 11) is -6.77. The summed E-state index contributed by atoms with van der Waals surface area (Å²) in [6.45, 7) is 0. The van der Waals surface area contributed by atoms with Gasteiger partial charge in [0.05, 0.1) is 13.0 Å². The summed E-state index contributed by atoms with van der Waals surface area (Å²) >= 11 is 0. The summed E-state index contributed by atoms with van der Waals surface area (Å²) in [5, 5.41) is 20.4. The molecule has 0 unspecified atom stereocenters. The molecule has 0 aromatic heterocycles. The van der Waals surface area contributed by atoms with Gasteiger partial charge in [-0.1, -0.05) is 42.5 Å². The van der Waals surface area contributed by atoms with Crippen LogP contribution < -0.4 is 5.23 Å². The van der Waals surface area contributed by atoms with Crippen LogP contribution in [0.2, 0.25) is 0 Å². The normalized spacial score (nSPS) is 18.0. The van der Waals surface area contributed by atoms with E-state index in [1.165, 1.54) is 24.3 Å². The van der Waals surface area contributed by atoms with E-state index in [1.54, 1.807) is 30.3 Å². The van der Waals surface area contributed by atoms with Crippen LogP contribution >= 0.6 is 0 Å². The number of hydrogen-bond acceptors (Lipinski definition) is 7. The van der Waals surface area contributed by atoms with Gasteiger partial charge >= 0.3 is 7.25 Å². The molecule has 1 aliphatic heterocycles. The van der Waals surface area contributed by atoms with Crippen molar-refractivity contribution in [3.63, 3.8) is 0 Å². The zero-order chi connectivity index (χ0) is 19.8. The molecule has 0 fully saturated rings. The molecule has 0 spiro atoms. The highest BCUT2D eigenvalue weighted by Gasteiger charge is 2.47. The molecule has 134 valence electrons. The maximum absolute atomic E-state index is 13.0. The Morgan fingerprint density at radius 3 is 2.38 bits per heavy atom. The largest absolute Gasteiger partial charge is 0.549 e. The average Bonchev–Trinajstić information content (AvgIpc) is 2.81. The number of sulfonamides is 1. The molecule has 2 amide bonds. The van der Waals surface area contributed by atoms with E-state index in [0.717, 1.165) is 0 Å². The SMILES string of the molecule is [2H][C@@](Cc1ccccc1)(NB(O)O)C(=O)N1C(=O)c2ccccc2S1(=O)=O. The number of nitrogens with one attached hydrogen (secondary N) is 1. The Balaban J connectivity index is 2.04. The number of nitrogens with zero attached hydrogens (tertiary/aromatic N) is 1. The standard InChI is InChI=1S/C16H15BN2O6S/c20-15-12-8-4-5-9-14(12)26(24,25)19(15)16(21)13(18-17(22)23)10-11-6-2-1-3-7-11/h1-9,13,18,22-23H,10H2/t13-/m0/s1/i13D. The van der Waals surface area contributed by atoms with E-state index in [2.05, 4.69) is 0 Å². The molecular formula is C16H15BN2O6S. The van der Waals surface area contributed by atoms with Crippen molar-refractivity contribution in [1.82, 2.24) is 9.53 Å². The first-order valence-electron chi connectivity index (χ1n) is 8.08. The van der Waals surface area contributed by atoms with E-state index in [1.807, 2.05) is 5.23 Å². The predicted octanol–water partition coefficient (Wildman–Crippen LogP) is -0.472. The van der Waals surface area contributed by atoms with Gasteiger partial charge < -0.3 is 10.0 Å². The molecule has 0 saturated carbocycles. The van der Waals surface area contributed by atoms with Crippen molar-refractivity contribution < 1.29 is 29.4 Å². The first-order chi connectivity index (χ1) is 12.7. The second-order valence-electron chi connectivity index (χ2n) is 5.53. The topological polar surface area (TPSA) is 124 Å². The third kappa shape index (κ3) is 3.27. The van der Waals surface area contributed by atoms with Crippen molar-refractivity contribution in [1.29, 1.82) is 0 Å². The molecule has 1 atom stereocenters. The van der Waals surface area contributed by atoms with Crippen LogP contribution in [0.5, 0.6) is 0 Å². The molecule has 2 aromatic carbocycles. The van der Waals surface area contributed by atoms with Crippen LogP contribution in [0.1, 0.15) is 17.3 Å². The molecule has 0 bridgehead atoms. The highest BCUT2D eigenvalue weighted by atomic mass is 32.2. The molecule has 26 heavy (non-hydrogen) atoms. The van der Waals surface area contributed by atoms with Gasteiger partial charge in [0, 0.05) is 0 Å². The number of carbonyl (C=O) groups excluding carboxylic acids is 2. The molecule has 3 N–H and O–H groups in total. The van der Waals surface area contributed by atoms with Crippen molar-refractivity contribution in [2.75, 3.05) is 0 Å². The van der Waals surface area contributed by atoms with Crippen molar-refractivity contribution in [3.05, 3.63) is 65.7 Å². The van der Waals surface area contributed by atoms with Crippen LogP contribution in [0.15, 0.2) is 59.5 Å². The van der Waals surface area contributed by atoms with Gasteiger partial charge in [-0.2, -0.15) is 4.31 Å². The maximum Gasteiger partial charge on any atom is 0.549 e. The van der Waals surface area contributed by atoms with Crippen molar-refractivity contribution in [2.24, 2.45) is 0 Å². The number of carbonyl (C=O) groups is 2. The zero-order valence-corrected chi connectivity index (χ0v) is 14.2. The Morgan fingerprint density at radius 1 is 1.15 bits per heavy atom. The minimum absolute atomic E-state index is 0.00296. The molecular weight excluding hydrogens is 359 g/mol. The van der Waals surface area contributed by atoms with Crippen LogP contribution in [0, 0.1) is 0 Å². The minimum Gasteiger partial charge on any atom is -0.413 e. The van der Waals surface area contributed by atoms with Crippen LogP contribution in [-0.2, 0) is 21.2 Å². The van der Waals surface area contributed by atoms with E-state index >= 15 is 0 Å². The third-order valence-corrected chi connectivity index (χ3v) is 5.51. The number of fused-ring (bicyclic) bond motifs is 1. The monoisotopic (exact) mass is 375 g/mol. The Labute approximate surface area is 151 Å². The fraction of sp³-hybridized carbons (Fsp3) is 0.125. The number of imide groups is 1. The van der Waals surface area contributed by atoms with E-state index in [9.17, 15) is 28.1 Å². The van der Waals surface area contributed by atoms with Crippen molar-refractivity contribution in [2.45, 2.75) is 17.3 Å². The fourth-order valence-electron chi connectivity index (χ4n) is 2.65. The fourth-order valence-corrected chi connectivity index (χ4v) is 4.18. The van der Waals surface area contributed by atoms with E-state index in [0.29, 0.717) is 5.56 Å². The van der Waals surface area contributed by atoms with Crippen molar-refractivity contribution in [3.8, 4) is 0 Å². The van der Waals surface area contributed by atoms with Gasteiger partial charge in [-0.05, 0) is 24.1 Å². The highest BCUT2D eigenvalue weighted by molar-refractivity contribution is 7.90. The van der Waals surface area contributed by atoms with Crippen LogP contribution in [0.4, 0.5) is 0 Å². The molecule has 0 aliphatic carbocycles. The molecule has 3 rings (SSSR count). The van der Waals surface area contributed by atoms with E-state index in [4.69, 9.17) is 1.37 Å². The quantitative estimate of drug-likeness (QED) is 0.604. The lowest BCUT2D eigenvalue weighted by molar-refractivity contribution is -0.126. The Kier molecular flexibility index (Phi) is 4.56. The Morgan fingerprint density at radius 2 is 1.77 bits per heavy atom. The van der Waals surface area contributed by atoms with Crippen LogP contribution in [-0.4, -0.2) is 47.9 Å². The van der Waals surface area contributed by atoms with Gasteiger partial charge in [-0.3, -0.25) is 14.8 Å². The van der Waals surface area contributed by atoms with Gasteiger partial charge in [-0.15, -0.1) is 0 Å². The number of hydrogen-bond donors (Lipinski definition) is 3. The maximum atomic E-state index is 13.0. The second kappa shape index (κ2) is 7.00. The van der Waals surface area contributed by atoms with Gasteiger partial charge in [0.25, 0.3) is 21.8 Å². The first-order valence-corrected chi connectivity index (χ1v) is 9.02. The smallest absolute Gasteiger partial charge is 0.413 e. The average molecular weight is 375 g/mol. The first kappa shape index (κ1) is 16.9. The van der Waals surface area contributed by atoms with Gasteiger partial charge in [-0.25, -0.2) is 8.42 Å².